The number of aromatic nitrogens is 1. The molecule has 1 aromatic carbocycles. The summed E-state index contributed by atoms with van der Waals surface area (Å²) in [4.78, 5) is 18.4. The Morgan fingerprint density at radius 1 is 1.30 bits per heavy atom. The maximum Gasteiger partial charge on any atom is 0.410 e. The number of hydrogen-bond acceptors (Lipinski definition) is 5. The highest BCUT2D eigenvalue weighted by molar-refractivity contribution is 5.68. The van der Waals surface area contributed by atoms with Crippen LogP contribution in [0.15, 0.2) is 30.5 Å². The number of carbonyl (C=O) groups excluding carboxylic acids is 1. The molecule has 4 rings (SSSR count). The average molecular weight is 405 g/mol. The molecule has 1 fully saturated rings. The van der Waals surface area contributed by atoms with Crippen LogP contribution in [-0.4, -0.2) is 41.3 Å². The van der Waals surface area contributed by atoms with Gasteiger partial charge in [-0.1, -0.05) is 0 Å². The Balaban J connectivity index is 1.41. The number of nitrogens with zero attached hydrogens (tertiary/aromatic N) is 3. The lowest BCUT2D eigenvalue weighted by atomic mass is 9.89. The lowest BCUT2D eigenvalue weighted by molar-refractivity contribution is 0.0503. The van der Waals surface area contributed by atoms with Crippen LogP contribution in [0.3, 0.4) is 0 Å². The van der Waals surface area contributed by atoms with Crippen molar-refractivity contribution in [2.24, 2.45) is 5.92 Å². The van der Waals surface area contributed by atoms with Crippen LogP contribution >= 0.6 is 0 Å². The number of benzene rings is 1. The zero-order valence-corrected chi connectivity index (χ0v) is 17.7. The summed E-state index contributed by atoms with van der Waals surface area (Å²) in [5.41, 5.74) is 4.71. The number of pyridine rings is 1. The summed E-state index contributed by atoms with van der Waals surface area (Å²) in [5.74, 6) is 1.37. The minimum atomic E-state index is -0.214. The van der Waals surface area contributed by atoms with E-state index in [1.165, 1.54) is 5.56 Å². The first-order valence-electron chi connectivity index (χ1n) is 10.6. The molecule has 0 N–H and O–H groups in total. The van der Waals surface area contributed by atoms with Crippen LogP contribution in [0.25, 0.3) is 11.3 Å². The van der Waals surface area contributed by atoms with Gasteiger partial charge in [-0.25, -0.2) is 4.79 Å². The number of carbonyl (C=O) groups is 1. The van der Waals surface area contributed by atoms with Gasteiger partial charge in [-0.15, -0.1) is 0 Å². The molecule has 6 nitrogen and oxygen atoms in total. The molecule has 0 spiro atoms. The number of amides is 1. The summed E-state index contributed by atoms with van der Waals surface area (Å²) in [6, 6.07) is 10.2. The number of piperidine rings is 1. The van der Waals surface area contributed by atoms with Crippen LogP contribution < -0.4 is 4.74 Å². The predicted octanol–water partition coefficient (Wildman–Crippen LogP) is 4.49. The Morgan fingerprint density at radius 2 is 2.07 bits per heavy atom. The molecule has 0 radical (unpaired) electrons. The maximum atomic E-state index is 12.1. The van der Waals surface area contributed by atoms with Gasteiger partial charge in [-0.05, 0) is 74.9 Å². The van der Waals surface area contributed by atoms with Crippen molar-refractivity contribution in [2.45, 2.75) is 52.2 Å². The molecular weight excluding hydrogens is 378 g/mol. The van der Waals surface area contributed by atoms with Gasteiger partial charge in [-0.3, -0.25) is 4.98 Å². The molecule has 3 heterocycles. The molecule has 0 bridgehead atoms. The van der Waals surface area contributed by atoms with Crippen LogP contribution in [0.1, 0.15) is 43.4 Å². The summed E-state index contributed by atoms with van der Waals surface area (Å²) in [6.45, 7) is 7.15. The number of nitriles is 1. The van der Waals surface area contributed by atoms with Gasteiger partial charge < -0.3 is 14.4 Å². The number of fused-ring (bicyclic) bond motifs is 1. The first kappa shape index (κ1) is 20.2. The first-order chi connectivity index (χ1) is 14.4. The Labute approximate surface area is 177 Å². The lowest BCUT2D eigenvalue weighted by Crippen LogP contribution is -2.43. The topological polar surface area (TPSA) is 75.5 Å². The van der Waals surface area contributed by atoms with Crippen molar-refractivity contribution in [3.8, 4) is 23.1 Å². The quantitative estimate of drug-likeness (QED) is 0.752. The summed E-state index contributed by atoms with van der Waals surface area (Å²) in [7, 11) is 0. The minimum Gasteiger partial charge on any atom is -0.490 e. The van der Waals surface area contributed by atoms with Crippen molar-refractivity contribution in [1.82, 2.24) is 9.88 Å². The Morgan fingerprint density at radius 3 is 2.73 bits per heavy atom. The highest BCUT2D eigenvalue weighted by Crippen LogP contribution is 2.37. The SMILES string of the molecule is Cc1cc(C#N)cnc1-c1ccc2c(c1)CC(C1CCN(C(=O)OC(C)C)CC1)O2. The van der Waals surface area contributed by atoms with Gasteiger partial charge in [0, 0.05) is 31.3 Å². The van der Waals surface area contributed by atoms with Crippen molar-refractivity contribution in [1.29, 1.82) is 5.26 Å². The van der Waals surface area contributed by atoms with Gasteiger partial charge >= 0.3 is 6.09 Å². The number of rotatable bonds is 3. The molecule has 1 amide bonds. The van der Waals surface area contributed by atoms with Gasteiger partial charge in [0.15, 0.2) is 0 Å². The van der Waals surface area contributed by atoms with Crippen molar-refractivity contribution in [3.63, 3.8) is 0 Å². The predicted molar refractivity (Wildman–Crippen MR) is 113 cm³/mol. The van der Waals surface area contributed by atoms with E-state index in [2.05, 4.69) is 17.1 Å². The van der Waals surface area contributed by atoms with E-state index in [0.29, 0.717) is 24.6 Å². The summed E-state index contributed by atoms with van der Waals surface area (Å²) in [5, 5.41) is 9.05. The van der Waals surface area contributed by atoms with Gasteiger partial charge in [0.25, 0.3) is 0 Å². The van der Waals surface area contributed by atoms with E-state index in [0.717, 1.165) is 41.8 Å². The Hall–Kier alpha value is -3.07. The second-order valence-corrected chi connectivity index (χ2v) is 8.44. The van der Waals surface area contributed by atoms with Gasteiger partial charge in [0.1, 0.15) is 17.9 Å². The van der Waals surface area contributed by atoms with E-state index in [1.807, 2.05) is 39.0 Å². The number of likely N-dealkylation sites (tertiary alicyclic amines) is 1. The normalized spacial score (nSPS) is 18.6. The number of aryl methyl sites for hydroxylation is 1. The van der Waals surface area contributed by atoms with Crippen LogP contribution in [0.4, 0.5) is 4.79 Å². The van der Waals surface area contributed by atoms with Crippen molar-refractivity contribution in [3.05, 3.63) is 47.2 Å². The Kier molecular flexibility index (Phi) is 5.63. The van der Waals surface area contributed by atoms with E-state index in [-0.39, 0.29) is 18.3 Å². The summed E-state index contributed by atoms with van der Waals surface area (Å²) < 4.78 is 11.6. The maximum absolute atomic E-state index is 12.1. The van der Waals surface area contributed by atoms with E-state index in [9.17, 15) is 4.79 Å². The standard InChI is InChI=1S/C24H27N3O3/c1-15(2)29-24(28)27-8-6-18(7-9-27)22-12-20-11-19(4-5-21(20)30-22)23-16(3)10-17(13-25)14-26-23/h4-5,10-11,14-15,18,22H,6-9,12H2,1-3H3. The molecule has 1 aromatic heterocycles. The molecule has 156 valence electrons. The second kappa shape index (κ2) is 8.35. The molecule has 1 unspecified atom stereocenters. The molecule has 1 atom stereocenters. The van der Waals surface area contributed by atoms with Crippen molar-refractivity contribution >= 4 is 6.09 Å². The third-order valence-electron chi connectivity index (χ3n) is 5.90. The highest BCUT2D eigenvalue weighted by atomic mass is 16.6. The fraction of sp³-hybridized carbons (Fsp3) is 0.458. The van der Waals surface area contributed by atoms with Gasteiger partial charge in [0.05, 0.1) is 17.4 Å². The fourth-order valence-electron chi connectivity index (χ4n) is 4.35. The van der Waals surface area contributed by atoms with Crippen LogP contribution in [0.5, 0.6) is 5.75 Å². The third kappa shape index (κ3) is 4.11. The fourth-order valence-corrected chi connectivity index (χ4v) is 4.35. The molecule has 0 aliphatic carbocycles. The molecule has 1 saturated heterocycles. The van der Waals surface area contributed by atoms with Crippen LogP contribution in [-0.2, 0) is 11.2 Å². The molecule has 30 heavy (non-hydrogen) atoms. The summed E-state index contributed by atoms with van der Waals surface area (Å²) >= 11 is 0. The Bertz CT molecular complexity index is 988. The molecule has 0 saturated carbocycles. The van der Waals surface area contributed by atoms with E-state index in [4.69, 9.17) is 14.7 Å². The molecule has 6 heteroatoms. The van der Waals surface area contributed by atoms with Gasteiger partial charge in [0.2, 0.25) is 0 Å². The largest absolute Gasteiger partial charge is 0.490 e. The smallest absolute Gasteiger partial charge is 0.410 e. The van der Waals surface area contributed by atoms with Crippen molar-refractivity contribution < 1.29 is 14.3 Å². The number of hydrogen-bond donors (Lipinski definition) is 0. The van der Waals surface area contributed by atoms with Gasteiger partial charge in [-0.2, -0.15) is 5.26 Å². The zero-order valence-electron chi connectivity index (χ0n) is 17.7. The van der Waals surface area contributed by atoms with Crippen molar-refractivity contribution in [2.75, 3.05) is 13.1 Å². The highest BCUT2D eigenvalue weighted by Gasteiger charge is 2.34. The molecule has 2 aliphatic heterocycles. The third-order valence-corrected chi connectivity index (χ3v) is 5.90. The molecule has 2 aliphatic rings. The van der Waals surface area contributed by atoms with Crippen LogP contribution in [0, 0.1) is 24.2 Å². The minimum absolute atomic E-state index is 0.0914. The monoisotopic (exact) mass is 405 g/mol. The number of ether oxygens (including phenoxy) is 2. The molecule has 2 aromatic rings. The average Bonchev–Trinajstić information content (AvgIpc) is 3.16. The first-order valence-corrected chi connectivity index (χ1v) is 10.6. The second-order valence-electron chi connectivity index (χ2n) is 8.44. The van der Waals surface area contributed by atoms with E-state index >= 15 is 0 Å². The zero-order chi connectivity index (χ0) is 21.3. The molecular formula is C24H27N3O3. The summed E-state index contributed by atoms with van der Waals surface area (Å²) in [6.07, 6.45) is 4.19. The van der Waals surface area contributed by atoms with Crippen LogP contribution in [0.2, 0.25) is 0 Å². The lowest BCUT2D eigenvalue weighted by Gasteiger charge is -2.34. The van der Waals surface area contributed by atoms with E-state index < -0.39 is 0 Å². The van der Waals surface area contributed by atoms with E-state index in [1.54, 1.807) is 11.1 Å².